The third kappa shape index (κ3) is 4.06. The number of nitrogens with zero attached hydrogens (tertiary/aromatic N) is 1. The molecule has 2 aromatic rings. The largest absolute Gasteiger partial charge is 0.497 e. The molecule has 0 saturated heterocycles. The van der Waals surface area contributed by atoms with E-state index >= 15 is 0 Å². The van der Waals surface area contributed by atoms with Gasteiger partial charge in [-0.25, -0.2) is 0 Å². The topological polar surface area (TPSA) is 91.5 Å². The van der Waals surface area contributed by atoms with Crippen molar-refractivity contribution in [2.75, 3.05) is 31.0 Å². The van der Waals surface area contributed by atoms with Crippen LogP contribution in [0.5, 0.6) is 5.75 Å². The van der Waals surface area contributed by atoms with Gasteiger partial charge in [0, 0.05) is 25.0 Å². The molecular weight excluding hydrogens is 378 g/mol. The fraction of sp³-hybridized carbons (Fsp3) is 0.350. The molecule has 7 nitrogen and oxygen atoms in total. The lowest BCUT2D eigenvalue weighted by molar-refractivity contribution is -0.129. The molecule has 2 heterocycles. The van der Waals surface area contributed by atoms with Crippen molar-refractivity contribution < 1.29 is 14.3 Å². The number of H-pyrrole nitrogens is 1. The number of aromatic nitrogens is 1. The Balaban J connectivity index is 1.87. The number of benzene rings is 1. The minimum absolute atomic E-state index is 0.0595. The molecule has 28 heavy (non-hydrogen) atoms. The predicted molar refractivity (Wildman–Crippen MR) is 110 cm³/mol. The molecule has 1 aromatic carbocycles. The number of thioether (sulfide) groups is 1. The van der Waals surface area contributed by atoms with Crippen molar-refractivity contribution in [3.05, 3.63) is 57.0 Å². The van der Waals surface area contributed by atoms with Crippen LogP contribution in [0.2, 0.25) is 0 Å². The predicted octanol–water partition coefficient (Wildman–Crippen LogP) is 2.19. The quantitative estimate of drug-likeness (QED) is 0.801. The SMILES string of the molecule is COc1ccc(NC(=O)c2c3c(c[nH]c2=O)CN(C(=O)CSC)CC3)c(C)c1. The van der Waals surface area contributed by atoms with E-state index < -0.39 is 11.5 Å². The molecule has 8 heteroatoms. The van der Waals surface area contributed by atoms with Gasteiger partial charge in [-0.3, -0.25) is 14.4 Å². The number of aromatic amines is 1. The third-order valence-electron chi connectivity index (χ3n) is 4.82. The summed E-state index contributed by atoms with van der Waals surface area (Å²) in [5.41, 5.74) is 2.66. The number of pyridine rings is 1. The smallest absolute Gasteiger partial charge is 0.261 e. The summed E-state index contributed by atoms with van der Waals surface area (Å²) >= 11 is 1.48. The molecule has 0 saturated carbocycles. The number of carbonyl (C=O) groups is 2. The summed E-state index contributed by atoms with van der Waals surface area (Å²) in [6.45, 7) is 2.75. The van der Waals surface area contributed by atoms with Gasteiger partial charge in [0.1, 0.15) is 11.3 Å². The average molecular weight is 401 g/mol. The second kappa shape index (κ2) is 8.52. The van der Waals surface area contributed by atoms with Crippen LogP contribution in [0.15, 0.2) is 29.2 Å². The van der Waals surface area contributed by atoms with Crippen molar-refractivity contribution in [2.45, 2.75) is 19.9 Å². The van der Waals surface area contributed by atoms with E-state index in [4.69, 9.17) is 4.74 Å². The number of ether oxygens (including phenoxy) is 1. The number of hydrogen-bond acceptors (Lipinski definition) is 5. The molecule has 2 N–H and O–H groups in total. The number of amides is 2. The number of aryl methyl sites for hydroxylation is 1. The number of nitrogens with one attached hydrogen (secondary N) is 2. The summed E-state index contributed by atoms with van der Waals surface area (Å²) in [7, 11) is 1.58. The average Bonchev–Trinajstić information content (AvgIpc) is 2.69. The van der Waals surface area contributed by atoms with E-state index in [1.807, 2.05) is 19.2 Å². The molecule has 3 rings (SSSR count). The van der Waals surface area contributed by atoms with Gasteiger partial charge in [0.25, 0.3) is 11.5 Å². The number of anilines is 1. The first-order chi connectivity index (χ1) is 13.4. The van der Waals surface area contributed by atoms with Crippen molar-refractivity contribution in [1.29, 1.82) is 0 Å². The van der Waals surface area contributed by atoms with Crippen LogP contribution in [-0.2, 0) is 17.8 Å². The molecule has 0 spiro atoms. The summed E-state index contributed by atoms with van der Waals surface area (Å²) in [6.07, 6.45) is 3.96. The van der Waals surface area contributed by atoms with E-state index in [1.54, 1.807) is 30.3 Å². The monoisotopic (exact) mass is 401 g/mol. The number of hydrogen-bond donors (Lipinski definition) is 2. The molecule has 0 fully saturated rings. The lowest BCUT2D eigenvalue weighted by Crippen LogP contribution is -2.39. The Kier molecular flexibility index (Phi) is 6.08. The Morgan fingerprint density at radius 2 is 2.14 bits per heavy atom. The van der Waals surface area contributed by atoms with Gasteiger partial charge in [0.2, 0.25) is 5.91 Å². The van der Waals surface area contributed by atoms with Crippen LogP contribution in [0, 0.1) is 6.92 Å². The van der Waals surface area contributed by atoms with Crippen LogP contribution in [-0.4, -0.2) is 47.4 Å². The minimum atomic E-state index is -0.449. The zero-order valence-electron chi connectivity index (χ0n) is 16.1. The minimum Gasteiger partial charge on any atom is -0.497 e. The highest BCUT2D eigenvalue weighted by Gasteiger charge is 2.26. The first-order valence-corrected chi connectivity index (χ1v) is 10.3. The van der Waals surface area contributed by atoms with Crippen LogP contribution >= 0.6 is 11.8 Å². The van der Waals surface area contributed by atoms with Gasteiger partial charge >= 0.3 is 0 Å². The van der Waals surface area contributed by atoms with Gasteiger partial charge in [0.15, 0.2) is 0 Å². The number of rotatable bonds is 5. The summed E-state index contributed by atoms with van der Waals surface area (Å²) in [4.78, 5) is 41.9. The second-order valence-corrected chi connectivity index (χ2v) is 7.50. The van der Waals surface area contributed by atoms with Crippen molar-refractivity contribution in [1.82, 2.24) is 9.88 Å². The maximum Gasteiger partial charge on any atom is 0.261 e. The lowest BCUT2D eigenvalue weighted by atomic mass is 9.96. The van der Waals surface area contributed by atoms with Gasteiger partial charge in [-0.2, -0.15) is 11.8 Å². The van der Waals surface area contributed by atoms with E-state index in [9.17, 15) is 14.4 Å². The Morgan fingerprint density at radius 1 is 1.36 bits per heavy atom. The van der Waals surface area contributed by atoms with Gasteiger partial charge in [-0.15, -0.1) is 0 Å². The molecule has 0 bridgehead atoms. The summed E-state index contributed by atoms with van der Waals surface area (Å²) in [5.74, 6) is 0.725. The normalized spacial score (nSPS) is 13.0. The van der Waals surface area contributed by atoms with Gasteiger partial charge in [-0.1, -0.05) is 0 Å². The molecule has 1 aliphatic heterocycles. The lowest BCUT2D eigenvalue weighted by Gasteiger charge is -2.29. The first-order valence-electron chi connectivity index (χ1n) is 8.90. The molecule has 1 aromatic heterocycles. The Labute approximate surface area is 167 Å². The van der Waals surface area contributed by atoms with Crippen LogP contribution in [0.3, 0.4) is 0 Å². The van der Waals surface area contributed by atoms with E-state index in [0.29, 0.717) is 42.3 Å². The molecular formula is C20H23N3O4S. The van der Waals surface area contributed by atoms with E-state index in [0.717, 1.165) is 11.1 Å². The van der Waals surface area contributed by atoms with E-state index in [1.165, 1.54) is 11.8 Å². The van der Waals surface area contributed by atoms with Crippen molar-refractivity contribution in [3.63, 3.8) is 0 Å². The van der Waals surface area contributed by atoms with Crippen molar-refractivity contribution >= 4 is 29.3 Å². The first kappa shape index (κ1) is 20.0. The maximum atomic E-state index is 12.9. The molecule has 1 aliphatic rings. The van der Waals surface area contributed by atoms with E-state index in [2.05, 4.69) is 10.3 Å². The van der Waals surface area contributed by atoms with Crippen molar-refractivity contribution in [3.8, 4) is 5.75 Å². The maximum absolute atomic E-state index is 12.9. The van der Waals surface area contributed by atoms with Crippen LogP contribution in [0.1, 0.15) is 27.0 Å². The third-order valence-corrected chi connectivity index (χ3v) is 5.35. The van der Waals surface area contributed by atoms with Gasteiger partial charge < -0.3 is 19.9 Å². The highest BCUT2D eigenvalue weighted by Crippen LogP contribution is 2.24. The zero-order chi connectivity index (χ0) is 20.3. The fourth-order valence-corrected chi connectivity index (χ4v) is 3.75. The number of carbonyl (C=O) groups excluding carboxylic acids is 2. The van der Waals surface area contributed by atoms with Crippen LogP contribution < -0.4 is 15.6 Å². The van der Waals surface area contributed by atoms with Gasteiger partial charge in [0.05, 0.1) is 12.9 Å². The summed E-state index contributed by atoms with van der Waals surface area (Å²) in [6, 6.07) is 5.32. The van der Waals surface area contributed by atoms with Crippen LogP contribution in [0.25, 0.3) is 0 Å². The van der Waals surface area contributed by atoms with Crippen LogP contribution in [0.4, 0.5) is 5.69 Å². The second-order valence-electron chi connectivity index (χ2n) is 6.63. The standard InChI is InChI=1S/C20H23N3O4S/c1-12-8-14(27-2)4-5-16(12)22-20(26)18-15-6-7-23(17(24)11-28-3)10-13(15)9-21-19(18)25/h4-5,8-9H,6-7,10-11H2,1-3H3,(H,21,25)(H,22,26). The Bertz CT molecular complexity index is 970. The van der Waals surface area contributed by atoms with Crippen molar-refractivity contribution in [2.24, 2.45) is 0 Å². The molecule has 0 aliphatic carbocycles. The van der Waals surface area contributed by atoms with Gasteiger partial charge in [-0.05, 0) is 54.5 Å². The highest BCUT2D eigenvalue weighted by atomic mass is 32.2. The zero-order valence-corrected chi connectivity index (χ0v) is 16.9. The highest BCUT2D eigenvalue weighted by molar-refractivity contribution is 7.99. The molecule has 0 radical (unpaired) electrons. The number of methoxy groups -OCH3 is 1. The Hall–Kier alpha value is -2.74. The molecule has 0 atom stereocenters. The van der Waals surface area contributed by atoms with E-state index in [-0.39, 0.29) is 11.5 Å². The molecule has 2 amide bonds. The number of fused-ring (bicyclic) bond motifs is 1. The molecule has 148 valence electrons. The summed E-state index contributed by atoms with van der Waals surface area (Å²) < 4.78 is 5.18. The Morgan fingerprint density at radius 3 is 2.82 bits per heavy atom. The molecule has 0 unspecified atom stereocenters. The fourth-order valence-electron chi connectivity index (χ4n) is 3.32. The summed E-state index contributed by atoms with van der Waals surface area (Å²) in [5, 5.41) is 2.82.